The lowest BCUT2D eigenvalue weighted by atomic mass is 9.90. The number of aryl methyl sites for hydroxylation is 3. The van der Waals surface area contributed by atoms with Gasteiger partial charge in [-0.1, -0.05) is 29.3 Å². The molecule has 148 valence electrons. The van der Waals surface area contributed by atoms with E-state index in [1.807, 2.05) is 13.8 Å². The van der Waals surface area contributed by atoms with Crippen LogP contribution < -0.4 is 5.32 Å². The number of piperidine rings is 1. The molecule has 2 heterocycles. The fourth-order valence-electron chi connectivity index (χ4n) is 3.77. The molecule has 1 aromatic heterocycles. The summed E-state index contributed by atoms with van der Waals surface area (Å²) >= 11 is 0. The smallest absolute Gasteiger partial charge is 0.407 e. The number of rotatable bonds is 4. The van der Waals surface area contributed by atoms with E-state index in [0.29, 0.717) is 43.9 Å². The lowest BCUT2D eigenvalue weighted by Crippen LogP contribution is -2.37. The van der Waals surface area contributed by atoms with Crippen molar-refractivity contribution in [3.63, 3.8) is 0 Å². The Bertz CT molecular complexity index is 869. The van der Waals surface area contributed by atoms with Crippen LogP contribution in [-0.4, -0.2) is 45.1 Å². The van der Waals surface area contributed by atoms with Crippen molar-refractivity contribution in [1.82, 2.24) is 20.2 Å². The van der Waals surface area contributed by atoms with Crippen LogP contribution in [0.5, 0.6) is 0 Å². The van der Waals surface area contributed by atoms with E-state index < -0.39 is 6.09 Å². The van der Waals surface area contributed by atoms with Gasteiger partial charge in [-0.05, 0) is 39.2 Å². The molecule has 0 aliphatic carbocycles. The Morgan fingerprint density at radius 2 is 1.79 bits per heavy atom. The highest BCUT2D eigenvalue weighted by Gasteiger charge is 2.28. The van der Waals surface area contributed by atoms with Gasteiger partial charge in [0.25, 0.3) is 5.91 Å². The number of hydrogen-bond acceptors (Lipinski definition) is 4. The minimum Gasteiger partial charge on any atom is -0.465 e. The molecular weight excluding hydrogens is 356 g/mol. The third-order valence-electron chi connectivity index (χ3n) is 5.07. The van der Waals surface area contributed by atoms with Gasteiger partial charge in [-0.25, -0.2) is 14.8 Å². The molecule has 2 N–H and O–H groups in total. The summed E-state index contributed by atoms with van der Waals surface area (Å²) in [5, 5.41) is 12.1. The van der Waals surface area contributed by atoms with Crippen molar-refractivity contribution in [1.29, 1.82) is 0 Å². The van der Waals surface area contributed by atoms with E-state index in [2.05, 4.69) is 33.5 Å². The van der Waals surface area contributed by atoms with Crippen LogP contribution >= 0.6 is 0 Å². The topological polar surface area (TPSA) is 95.4 Å². The third-order valence-corrected chi connectivity index (χ3v) is 5.07. The van der Waals surface area contributed by atoms with Crippen LogP contribution in [-0.2, 0) is 6.54 Å². The summed E-state index contributed by atoms with van der Waals surface area (Å²) in [5.41, 5.74) is 4.57. The number of hydrogen-bond donors (Lipinski definition) is 2. The number of benzene rings is 1. The summed E-state index contributed by atoms with van der Waals surface area (Å²) in [6.45, 7) is 7.21. The first-order valence-corrected chi connectivity index (χ1v) is 9.50. The van der Waals surface area contributed by atoms with Crippen LogP contribution in [0.1, 0.15) is 57.3 Å². The summed E-state index contributed by atoms with van der Waals surface area (Å²) in [7, 11) is 0. The molecule has 0 spiro atoms. The zero-order chi connectivity index (χ0) is 20.3. The maximum atomic E-state index is 12.8. The second kappa shape index (κ2) is 8.37. The molecule has 3 rings (SSSR count). The van der Waals surface area contributed by atoms with Crippen molar-refractivity contribution < 1.29 is 14.7 Å². The highest BCUT2D eigenvalue weighted by Crippen LogP contribution is 2.29. The molecule has 1 aromatic carbocycles. The van der Waals surface area contributed by atoms with Crippen LogP contribution in [0.15, 0.2) is 24.4 Å². The van der Waals surface area contributed by atoms with Gasteiger partial charge in [0, 0.05) is 31.7 Å². The van der Waals surface area contributed by atoms with Crippen LogP contribution in [0, 0.1) is 20.8 Å². The molecular formula is C21H26N4O3. The molecule has 2 amide bonds. The first kappa shape index (κ1) is 19.8. The number of nitrogens with zero attached hydrogens (tertiary/aromatic N) is 3. The van der Waals surface area contributed by atoms with E-state index in [1.54, 1.807) is 13.1 Å². The Labute approximate surface area is 164 Å². The van der Waals surface area contributed by atoms with Crippen molar-refractivity contribution >= 4 is 12.0 Å². The molecule has 0 radical (unpaired) electrons. The van der Waals surface area contributed by atoms with E-state index >= 15 is 0 Å². The first-order valence-electron chi connectivity index (χ1n) is 9.50. The number of aromatic nitrogens is 2. The quantitative estimate of drug-likeness (QED) is 0.847. The van der Waals surface area contributed by atoms with Crippen molar-refractivity contribution in [2.75, 3.05) is 13.1 Å². The van der Waals surface area contributed by atoms with Crippen LogP contribution in [0.25, 0.3) is 0 Å². The minimum atomic E-state index is -0.899. The van der Waals surface area contributed by atoms with Crippen molar-refractivity contribution in [2.24, 2.45) is 0 Å². The molecule has 1 fully saturated rings. The molecule has 1 saturated heterocycles. The average molecular weight is 382 g/mol. The lowest BCUT2D eigenvalue weighted by molar-refractivity contribution is 0.0946. The van der Waals surface area contributed by atoms with Gasteiger partial charge in [0.15, 0.2) is 0 Å². The highest BCUT2D eigenvalue weighted by molar-refractivity contribution is 5.95. The van der Waals surface area contributed by atoms with Gasteiger partial charge in [0.2, 0.25) is 0 Å². The monoisotopic (exact) mass is 382 g/mol. The molecule has 0 unspecified atom stereocenters. The largest absolute Gasteiger partial charge is 0.465 e. The second-order valence-electron chi connectivity index (χ2n) is 7.44. The first-order chi connectivity index (χ1) is 13.3. The van der Waals surface area contributed by atoms with E-state index in [-0.39, 0.29) is 11.8 Å². The fourth-order valence-corrected chi connectivity index (χ4v) is 3.77. The van der Waals surface area contributed by atoms with Gasteiger partial charge in [-0.3, -0.25) is 4.79 Å². The third kappa shape index (κ3) is 4.65. The Morgan fingerprint density at radius 1 is 1.14 bits per heavy atom. The number of carbonyl (C=O) groups is 2. The highest BCUT2D eigenvalue weighted by atomic mass is 16.4. The van der Waals surface area contributed by atoms with Crippen LogP contribution in [0.2, 0.25) is 0 Å². The number of likely N-dealkylation sites (tertiary alicyclic amines) is 1. The minimum absolute atomic E-state index is 0.0549. The molecule has 0 saturated carbocycles. The Morgan fingerprint density at radius 3 is 2.39 bits per heavy atom. The molecule has 1 aliphatic heterocycles. The predicted molar refractivity (Wildman–Crippen MR) is 105 cm³/mol. The number of amides is 2. The van der Waals surface area contributed by atoms with Gasteiger partial charge >= 0.3 is 6.09 Å². The maximum absolute atomic E-state index is 12.8. The average Bonchev–Trinajstić information content (AvgIpc) is 2.65. The Kier molecular flexibility index (Phi) is 5.92. The molecule has 0 bridgehead atoms. The summed E-state index contributed by atoms with van der Waals surface area (Å²) in [6, 6.07) is 6.21. The summed E-state index contributed by atoms with van der Waals surface area (Å²) in [4.78, 5) is 34.1. The summed E-state index contributed by atoms with van der Waals surface area (Å²) in [6.07, 6.45) is 1.99. The Hall–Kier alpha value is -2.96. The SMILES string of the molecule is Cc1cc(C)cc(CNC(=O)c2cnc(C)nc2C2CCN(C(=O)O)CC2)c1. The molecule has 0 atom stereocenters. The van der Waals surface area contributed by atoms with E-state index in [0.717, 1.165) is 22.4 Å². The maximum Gasteiger partial charge on any atom is 0.407 e. The van der Waals surface area contributed by atoms with Crippen molar-refractivity contribution in [3.05, 3.63) is 58.2 Å². The van der Waals surface area contributed by atoms with Crippen LogP contribution in [0.3, 0.4) is 0 Å². The van der Waals surface area contributed by atoms with Gasteiger partial charge in [-0.2, -0.15) is 0 Å². The Balaban J connectivity index is 1.74. The van der Waals surface area contributed by atoms with E-state index in [4.69, 9.17) is 5.11 Å². The summed E-state index contributed by atoms with van der Waals surface area (Å²) < 4.78 is 0. The van der Waals surface area contributed by atoms with E-state index in [9.17, 15) is 9.59 Å². The van der Waals surface area contributed by atoms with Gasteiger partial charge in [-0.15, -0.1) is 0 Å². The molecule has 2 aromatic rings. The zero-order valence-corrected chi connectivity index (χ0v) is 16.5. The molecule has 7 heteroatoms. The molecule has 7 nitrogen and oxygen atoms in total. The summed E-state index contributed by atoms with van der Waals surface area (Å²) in [5.74, 6) is 0.468. The van der Waals surface area contributed by atoms with Gasteiger partial charge in [0.05, 0.1) is 11.3 Å². The second-order valence-corrected chi connectivity index (χ2v) is 7.44. The fraction of sp³-hybridized carbons (Fsp3) is 0.429. The van der Waals surface area contributed by atoms with Crippen molar-refractivity contribution in [2.45, 2.75) is 46.1 Å². The normalized spacial score (nSPS) is 14.8. The standard InChI is InChI=1S/C21H26N4O3/c1-13-8-14(2)10-16(9-13)11-23-20(26)18-12-22-15(3)24-19(18)17-4-6-25(7-5-17)21(27)28/h8-10,12,17H,4-7,11H2,1-3H3,(H,23,26)(H,27,28). The van der Waals surface area contributed by atoms with E-state index in [1.165, 1.54) is 4.90 Å². The molecule has 28 heavy (non-hydrogen) atoms. The number of nitrogens with one attached hydrogen (secondary N) is 1. The number of carbonyl (C=O) groups excluding carboxylic acids is 1. The lowest BCUT2D eigenvalue weighted by Gasteiger charge is -2.30. The van der Waals surface area contributed by atoms with Gasteiger partial charge in [0.1, 0.15) is 5.82 Å². The molecule has 1 aliphatic rings. The van der Waals surface area contributed by atoms with Crippen LogP contribution in [0.4, 0.5) is 4.79 Å². The predicted octanol–water partition coefficient (Wildman–Crippen LogP) is 3.19. The van der Waals surface area contributed by atoms with Crippen molar-refractivity contribution in [3.8, 4) is 0 Å². The van der Waals surface area contributed by atoms with Gasteiger partial charge < -0.3 is 15.3 Å². The zero-order valence-electron chi connectivity index (χ0n) is 16.5. The number of carboxylic acid groups (broad SMARTS) is 1.